The molecule has 2 N–H and O–H groups in total. The molecule has 5 heteroatoms. The number of carbonyl (C=O) groups is 1. The Morgan fingerprint density at radius 2 is 2.19 bits per heavy atom. The van der Waals surface area contributed by atoms with Gasteiger partial charge in [-0.1, -0.05) is 0 Å². The summed E-state index contributed by atoms with van der Waals surface area (Å²) in [6, 6.07) is 2.41. The molecule has 0 bridgehead atoms. The van der Waals surface area contributed by atoms with Gasteiger partial charge in [0.15, 0.2) is 0 Å². The van der Waals surface area contributed by atoms with Crippen molar-refractivity contribution in [3.63, 3.8) is 0 Å². The number of amides is 1. The summed E-state index contributed by atoms with van der Waals surface area (Å²) in [5, 5.41) is 8.60. The number of rotatable bonds is 6. The van der Waals surface area contributed by atoms with Crippen molar-refractivity contribution >= 4 is 17.2 Å². The fraction of sp³-hybridized carbons (Fsp3) is 0.688. The van der Waals surface area contributed by atoms with Crippen LogP contribution in [0.4, 0.5) is 0 Å². The lowest BCUT2D eigenvalue weighted by atomic mass is 9.94. The van der Waals surface area contributed by atoms with E-state index in [-0.39, 0.29) is 11.9 Å². The van der Waals surface area contributed by atoms with Crippen LogP contribution in [0.1, 0.15) is 35.7 Å². The molecule has 0 aromatic carbocycles. The van der Waals surface area contributed by atoms with Crippen molar-refractivity contribution in [3.05, 3.63) is 21.9 Å². The van der Waals surface area contributed by atoms with Gasteiger partial charge in [-0.3, -0.25) is 4.79 Å². The molecule has 118 valence electrons. The van der Waals surface area contributed by atoms with E-state index in [1.165, 1.54) is 10.4 Å². The van der Waals surface area contributed by atoms with Crippen LogP contribution in [0.3, 0.4) is 0 Å². The molecule has 4 nitrogen and oxygen atoms in total. The highest BCUT2D eigenvalue weighted by atomic mass is 32.1. The van der Waals surface area contributed by atoms with Gasteiger partial charge in [-0.05, 0) is 69.9 Å². The Hall–Kier alpha value is -0.910. The summed E-state index contributed by atoms with van der Waals surface area (Å²) >= 11 is 1.77. The molecule has 1 aliphatic heterocycles. The third-order valence-electron chi connectivity index (χ3n) is 4.25. The maximum atomic E-state index is 12.1. The molecule has 1 aromatic heterocycles. The Bertz CT molecular complexity index is 452. The summed E-state index contributed by atoms with van der Waals surface area (Å²) in [6.45, 7) is 4.93. The average Bonchev–Trinajstić information content (AvgIpc) is 2.86. The molecule has 1 amide bonds. The number of likely N-dealkylation sites (N-methyl/N-ethyl adjacent to an activating group) is 1. The first-order chi connectivity index (χ1) is 10.1. The quantitative estimate of drug-likeness (QED) is 0.846. The van der Waals surface area contributed by atoms with E-state index >= 15 is 0 Å². The molecule has 0 aliphatic carbocycles. The number of hydrogen-bond acceptors (Lipinski definition) is 4. The van der Waals surface area contributed by atoms with Crippen molar-refractivity contribution in [1.29, 1.82) is 0 Å². The number of thiophene rings is 1. The van der Waals surface area contributed by atoms with Crippen LogP contribution in [0.5, 0.6) is 0 Å². The molecule has 0 spiro atoms. The van der Waals surface area contributed by atoms with Gasteiger partial charge in [0, 0.05) is 17.8 Å². The number of nitrogens with zero attached hydrogens (tertiary/aromatic N) is 1. The van der Waals surface area contributed by atoms with Gasteiger partial charge in [0.05, 0.1) is 6.04 Å². The third-order valence-corrected chi connectivity index (χ3v) is 5.37. The molecule has 1 aromatic rings. The van der Waals surface area contributed by atoms with Crippen LogP contribution >= 0.6 is 11.3 Å². The molecule has 1 atom stereocenters. The third kappa shape index (κ3) is 4.80. The van der Waals surface area contributed by atoms with Crippen LogP contribution in [0.15, 0.2) is 11.4 Å². The molecule has 1 saturated heterocycles. The zero-order valence-electron chi connectivity index (χ0n) is 13.3. The van der Waals surface area contributed by atoms with Crippen LogP contribution in [-0.2, 0) is 4.79 Å². The average molecular weight is 309 g/mol. The van der Waals surface area contributed by atoms with Gasteiger partial charge in [-0.25, -0.2) is 0 Å². The monoisotopic (exact) mass is 309 g/mol. The number of aryl methyl sites for hydroxylation is 1. The standard InChI is InChI=1S/C16H27N3OS/c1-12-6-9-21-16(12)14(19(2)3)11-18-15(20)10-13-4-7-17-8-5-13/h6,9,13-14,17H,4-5,7-8,10-11H2,1-3H3,(H,18,20)/t14-/m1/s1. The minimum absolute atomic E-state index is 0.197. The molecule has 2 heterocycles. The Labute approximate surface area is 131 Å². The minimum atomic E-state index is 0.197. The summed E-state index contributed by atoms with van der Waals surface area (Å²) in [6.07, 6.45) is 2.91. The summed E-state index contributed by atoms with van der Waals surface area (Å²) in [5.74, 6) is 0.746. The summed E-state index contributed by atoms with van der Waals surface area (Å²) in [4.78, 5) is 15.7. The maximum absolute atomic E-state index is 12.1. The zero-order chi connectivity index (χ0) is 15.2. The van der Waals surface area contributed by atoms with Crippen molar-refractivity contribution in [3.8, 4) is 0 Å². The lowest BCUT2D eigenvalue weighted by molar-refractivity contribution is -0.122. The van der Waals surface area contributed by atoms with E-state index in [4.69, 9.17) is 0 Å². The highest BCUT2D eigenvalue weighted by Crippen LogP contribution is 2.26. The number of carbonyl (C=O) groups excluding carboxylic acids is 1. The largest absolute Gasteiger partial charge is 0.354 e. The number of hydrogen-bond donors (Lipinski definition) is 2. The zero-order valence-corrected chi connectivity index (χ0v) is 14.1. The van der Waals surface area contributed by atoms with Crippen molar-refractivity contribution in [2.75, 3.05) is 33.7 Å². The van der Waals surface area contributed by atoms with Gasteiger partial charge >= 0.3 is 0 Å². The van der Waals surface area contributed by atoms with Crippen molar-refractivity contribution < 1.29 is 4.79 Å². The van der Waals surface area contributed by atoms with Gasteiger partial charge in [0.2, 0.25) is 5.91 Å². The molecule has 0 radical (unpaired) electrons. The van der Waals surface area contributed by atoms with E-state index in [1.807, 2.05) is 0 Å². The Morgan fingerprint density at radius 3 is 2.76 bits per heavy atom. The van der Waals surface area contributed by atoms with Crippen LogP contribution in [0.2, 0.25) is 0 Å². The Morgan fingerprint density at radius 1 is 1.48 bits per heavy atom. The fourth-order valence-corrected chi connectivity index (χ4v) is 3.99. The van der Waals surface area contributed by atoms with Crippen LogP contribution in [-0.4, -0.2) is 44.5 Å². The molecule has 0 unspecified atom stereocenters. The molecule has 1 fully saturated rings. The predicted molar refractivity (Wildman–Crippen MR) is 88.7 cm³/mol. The number of piperidine rings is 1. The molecule has 21 heavy (non-hydrogen) atoms. The van der Waals surface area contributed by atoms with Gasteiger partial charge in [-0.15, -0.1) is 11.3 Å². The second-order valence-corrected chi connectivity index (χ2v) is 7.10. The van der Waals surface area contributed by atoms with Gasteiger partial charge in [-0.2, -0.15) is 0 Å². The van der Waals surface area contributed by atoms with E-state index in [9.17, 15) is 4.79 Å². The van der Waals surface area contributed by atoms with E-state index in [0.29, 0.717) is 18.9 Å². The summed E-state index contributed by atoms with van der Waals surface area (Å²) in [5.41, 5.74) is 1.31. The summed E-state index contributed by atoms with van der Waals surface area (Å²) in [7, 11) is 4.14. The van der Waals surface area contributed by atoms with Crippen LogP contribution in [0, 0.1) is 12.8 Å². The summed E-state index contributed by atoms with van der Waals surface area (Å²) < 4.78 is 0. The van der Waals surface area contributed by atoms with Crippen molar-refractivity contribution in [1.82, 2.24) is 15.5 Å². The van der Waals surface area contributed by atoms with Gasteiger partial charge < -0.3 is 15.5 Å². The lowest BCUT2D eigenvalue weighted by Gasteiger charge is -2.26. The fourth-order valence-electron chi connectivity index (χ4n) is 2.87. The predicted octanol–water partition coefficient (Wildman–Crippen LogP) is 2.17. The second-order valence-electron chi connectivity index (χ2n) is 6.15. The SMILES string of the molecule is Cc1ccsc1[C@@H](CNC(=O)CC1CCNCC1)N(C)C. The number of nitrogens with one attached hydrogen (secondary N) is 2. The topological polar surface area (TPSA) is 44.4 Å². The Balaban J connectivity index is 1.84. The minimum Gasteiger partial charge on any atom is -0.354 e. The van der Waals surface area contributed by atoms with E-state index < -0.39 is 0 Å². The van der Waals surface area contributed by atoms with E-state index in [0.717, 1.165) is 25.9 Å². The maximum Gasteiger partial charge on any atom is 0.220 e. The van der Waals surface area contributed by atoms with E-state index in [2.05, 4.69) is 48.0 Å². The van der Waals surface area contributed by atoms with Crippen molar-refractivity contribution in [2.45, 2.75) is 32.2 Å². The van der Waals surface area contributed by atoms with E-state index in [1.54, 1.807) is 11.3 Å². The van der Waals surface area contributed by atoms with Crippen LogP contribution in [0.25, 0.3) is 0 Å². The molecule has 1 aliphatic rings. The lowest BCUT2D eigenvalue weighted by Crippen LogP contribution is -2.36. The highest BCUT2D eigenvalue weighted by Gasteiger charge is 2.20. The Kier molecular flexibility index (Phi) is 6.21. The molecular weight excluding hydrogens is 282 g/mol. The van der Waals surface area contributed by atoms with Crippen LogP contribution < -0.4 is 10.6 Å². The molecular formula is C16H27N3OS. The molecule has 0 saturated carbocycles. The first kappa shape index (κ1) is 16.5. The first-order valence-electron chi connectivity index (χ1n) is 7.75. The highest BCUT2D eigenvalue weighted by molar-refractivity contribution is 7.10. The van der Waals surface area contributed by atoms with Crippen molar-refractivity contribution in [2.24, 2.45) is 5.92 Å². The van der Waals surface area contributed by atoms with Gasteiger partial charge in [0.25, 0.3) is 0 Å². The first-order valence-corrected chi connectivity index (χ1v) is 8.63. The smallest absolute Gasteiger partial charge is 0.220 e. The normalized spacial score (nSPS) is 17.9. The second kappa shape index (κ2) is 7.92. The molecule has 2 rings (SSSR count). The van der Waals surface area contributed by atoms with Gasteiger partial charge in [0.1, 0.15) is 0 Å².